The Morgan fingerprint density at radius 1 is 1.07 bits per heavy atom. The number of ether oxygens (including phenoxy) is 1. The average molecular weight is 466 g/mol. The number of rotatable bonds is 9. The fraction of sp³-hybridized carbons (Fsp3) is 0.286. The van der Waals surface area contributed by atoms with E-state index in [1.165, 1.54) is 12.1 Å². The Kier molecular flexibility index (Phi) is 8.73. The lowest BCUT2D eigenvalue weighted by atomic mass is 10.1. The number of sulfonamides is 1. The minimum absolute atomic E-state index is 0.0616. The number of amides is 1. The van der Waals surface area contributed by atoms with Crippen molar-refractivity contribution in [2.24, 2.45) is 0 Å². The molecule has 0 fully saturated rings. The van der Waals surface area contributed by atoms with Gasteiger partial charge in [0.25, 0.3) is 10.0 Å². The summed E-state index contributed by atoms with van der Waals surface area (Å²) in [5, 5.41) is 0.567. The third-order valence-electron chi connectivity index (χ3n) is 4.02. The first-order chi connectivity index (χ1) is 13.4. The monoisotopic (exact) mass is 465 g/mol. The summed E-state index contributed by atoms with van der Waals surface area (Å²) in [5.74, 6) is 0. The molecule has 0 N–H and O–H groups in total. The average Bonchev–Trinajstić information content (AvgIpc) is 2.69. The fourth-order valence-corrected chi connectivity index (χ4v) is 4.02. The highest BCUT2D eigenvalue weighted by molar-refractivity contribution is 9.09. The molecule has 0 saturated carbocycles. The van der Waals surface area contributed by atoms with E-state index in [9.17, 15) is 13.2 Å². The maximum absolute atomic E-state index is 12.9. The molecule has 0 radical (unpaired) electrons. The molecule has 2 aromatic carbocycles. The molecule has 0 aliphatic heterocycles. The number of halogens is 1. The first-order valence-corrected chi connectivity index (χ1v) is 11.5. The summed E-state index contributed by atoms with van der Waals surface area (Å²) >= 11 is 3.24. The second-order valence-electron chi connectivity index (χ2n) is 6.18. The summed E-state index contributed by atoms with van der Waals surface area (Å²) in [6, 6.07) is 16.2. The van der Waals surface area contributed by atoms with Crippen LogP contribution in [0.3, 0.4) is 0 Å². The Hall–Kier alpha value is -2.12. The van der Waals surface area contributed by atoms with Crippen molar-refractivity contribution in [1.82, 2.24) is 4.31 Å². The van der Waals surface area contributed by atoms with Crippen LogP contribution in [0.1, 0.15) is 17.5 Å². The molecule has 0 heterocycles. The van der Waals surface area contributed by atoms with Crippen molar-refractivity contribution < 1.29 is 17.9 Å². The predicted molar refractivity (Wildman–Crippen MR) is 114 cm³/mol. The maximum Gasteiger partial charge on any atom is 0.424 e. The molecule has 150 valence electrons. The van der Waals surface area contributed by atoms with E-state index in [0.717, 1.165) is 21.9 Å². The standard InChI is InChI=1S/C21H24BrNO4S/c1-18-11-13-20(14-12-18)28(25,26)23(16-6-5-15-22)21(24)27-17-7-10-19-8-3-2-4-9-19/h2-6,8-9,11-14H,7,10,15-17H2,1H3/b6-5+. The number of allylic oxidation sites excluding steroid dienone is 1. The molecule has 28 heavy (non-hydrogen) atoms. The van der Waals surface area contributed by atoms with Gasteiger partial charge in [-0.15, -0.1) is 0 Å². The molecule has 0 aliphatic rings. The molecule has 0 atom stereocenters. The first-order valence-electron chi connectivity index (χ1n) is 8.96. The number of alkyl halides is 1. The number of carbonyl (C=O) groups is 1. The molecule has 1 amide bonds. The van der Waals surface area contributed by atoms with E-state index in [1.807, 2.05) is 37.3 Å². The lowest BCUT2D eigenvalue weighted by Gasteiger charge is -2.21. The van der Waals surface area contributed by atoms with Crippen molar-refractivity contribution in [3.8, 4) is 0 Å². The Labute approximate surface area is 175 Å². The second-order valence-corrected chi connectivity index (χ2v) is 8.69. The van der Waals surface area contributed by atoms with Gasteiger partial charge in [-0.25, -0.2) is 13.2 Å². The third-order valence-corrected chi connectivity index (χ3v) is 6.14. The van der Waals surface area contributed by atoms with E-state index in [4.69, 9.17) is 4.74 Å². The number of hydrogen-bond donors (Lipinski definition) is 0. The van der Waals surface area contributed by atoms with E-state index >= 15 is 0 Å². The van der Waals surface area contributed by atoms with Crippen LogP contribution in [0.25, 0.3) is 0 Å². The quantitative estimate of drug-likeness (QED) is 0.305. The highest BCUT2D eigenvalue weighted by atomic mass is 79.9. The topological polar surface area (TPSA) is 63.7 Å². The number of hydrogen-bond acceptors (Lipinski definition) is 4. The molecular formula is C21H24BrNO4S. The Morgan fingerprint density at radius 3 is 2.39 bits per heavy atom. The van der Waals surface area contributed by atoms with Gasteiger partial charge in [0.2, 0.25) is 0 Å². The van der Waals surface area contributed by atoms with Gasteiger partial charge in [-0.3, -0.25) is 0 Å². The molecule has 2 rings (SSSR count). The van der Waals surface area contributed by atoms with Crippen LogP contribution in [0.4, 0.5) is 4.79 Å². The van der Waals surface area contributed by atoms with E-state index in [1.54, 1.807) is 24.3 Å². The predicted octanol–water partition coefficient (Wildman–Crippen LogP) is 4.71. The zero-order valence-corrected chi connectivity index (χ0v) is 18.2. The summed E-state index contributed by atoms with van der Waals surface area (Å²) in [5.41, 5.74) is 2.08. The van der Waals surface area contributed by atoms with Gasteiger partial charge in [0.1, 0.15) is 0 Å². The third kappa shape index (κ3) is 6.49. The molecule has 0 unspecified atom stereocenters. The molecule has 0 spiro atoms. The van der Waals surface area contributed by atoms with Crippen molar-refractivity contribution in [3.63, 3.8) is 0 Å². The van der Waals surface area contributed by atoms with Crippen molar-refractivity contribution >= 4 is 32.0 Å². The fourth-order valence-electron chi connectivity index (χ4n) is 2.49. The smallest absolute Gasteiger partial charge is 0.424 e. The highest BCUT2D eigenvalue weighted by Crippen LogP contribution is 2.18. The van der Waals surface area contributed by atoms with Crippen LogP contribution in [0.15, 0.2) is 71.6 Å². The number of benzene rings is 2. The maximum atomic E-state index is 12.9. The summed E-state index contributed by atoms with van der Waals surface area (Å²) in [7, 11) is -3.99. The summed E-state index contributed by atoms with van der Waals surface area (Å²) in [4.78, 5) is 12.6. The van der Waals surface area contributed by atoms with Gasteiger partial charge in [-0.2, -0.15) is 4.31 Å². The molecule has 0 aliphatic carbocycles. The van der Waals surface area contributed by atoms with Gasteiger partial charge in [0.15, 0.2) is 0 Å². The van der Waals surface area contributed by atoms with Crippen LogP contribution in [0.2, 0.25) is 0 Å². The van der Waals surface area contributed by atoms with E-state index in [2.05, 4.69) is 15.9 Å². The van der Waals surface area contributed by atoms with Crippen molar-refractivity contribution in [2.75, 3.05) is 18.5 Å². The van der Waals surface area contributed by atoms with Crippen LogP contribution in [-0.4, -0.2) is 37.3 Å². The lowest BCUT2D eigenvalue weighted by Crippen LogP contribution is -2.37. The molecule has 0 bridgehead atoms. The van der Waals surface area contributed by atoms with Crippen molar-refractivity contribution in [1.29, 1.82) is 0 Å². The van der Waals surface area contributed by atoms with Crippen LogP contribution < -0.4 is 0 Å². The van der Waals surface area contributed by atoms with Crippen LogP contribution in [0, 0.1) is 6.92 Å². The summed E-state index contributed by atoms with van der Waals surface area (Å²) < 4.78 is 31.8. The van der Waals surface area contributed by atoms with Gasteiger partial charge < -0.3 is 4.74 Å². The largest absolute Gasteiger partial charge is 0.449 e. The Bertz CT molecular complexity index is 880. The van der Waals surface area contributed by atoms with E-state index < -0.39 is 16.1 Å². The highest BCUT2D eigenvalue weighted by Gasteiger charge is 2.29. The second kappa shape index (κ2) is 11.0. The number of aryl methyl sites for hydroxylation is 2. The molecule has 7 heteroatoms. The van der Waals surface area contributed by atoms with Crippen LogP contribution in [0.5, 0.6) is 0 Å². The van der Waals surface area contributed by atoms with Gasteiger partial charge in [-0.1, -0.05) is 76.1 Å². The summed E-state index contributed by atoms with van der Waals surface area (Å²) in [6.45, 7) is 1.93. The lowest BCUT2D eigenvalue weighted by molar-refractivity contribution is 0.126. The molecule has 2 aromatic rings. The Balaban J connectivity index is 2.05. The molecular weight excluding hydrogens is 442 g/mol. The number of carbonyl (C=O) groups excluding carboxylic acids is 1. The normalized spacial score (nSPS) is 11.5. The zero-order chi connectivity index (χ0) is 20.4. The molecule has 0 saturated heterocycles. The Morgan fingerprint density at radius 2 is 1.75 bits per heavy atom. The number of nitrogens with zero attached hydrogens (tertiary/aromatic N) is 1. The SMILES string of the molecule is Cc1ccc(S(=O)(=O)N(C/C=C/CBr)C(=O)OCCCc2ccccc2)cc1. The summed E-state index contributed by atoms with van der Waals surface area (Å²) in [6.07, 6.45) is 3.85. The van der Waals surface area contributed by atoms with Gasteiger partial charge in [-0.05, 0) is 37.5 Å². The van der Waals surface area contributed by atoms with Crippen molar-refractivity contribution in [3.05, 3.63) is 77.9 Å². The minimum Gasteiger partial charge on any atom is -0.449 e. The molecule has 0 aromatic heterocycles. The van der Waals surface area contributed by atoms with Crippen molar-refractivity contribution in [2.45, 2.75) is 24.7 Å². The minimum atomic E-state index is -3.99. The van der Waals surface area contributed by atoms with E-state index in [-0.39, 0.29) is 18.0 Å². The first kappa shape index (κ1) is 22.2. The van der Waals surface area contributed by atoms with Crippen LogP contribution in [-0.2, 0) is 21.2 Å². The van der Waals surface area contributed by atoms with Gasteiger partial charge in [0.05, 0.1) is 18.0 Å². The van der Waals surface area contributed by atoms with Gasteiger partial charge >= 0.3 is 6.09 Å². The van der Waals surface area contributed by atoms with E-state index in [0.29, 0.717) is 11.8 Å². The van der Waals surface area contributed by atoms with Crippen LogP contribution >= 0.6 is 15.9 Å². The van der Waals surface area contributed by atoms with Gasteiger partial charge in [0, 0.05) is 5.33 Å². The molecule has 5 nitrogen and oxygen atoms in total. The zero-order valence-electron chi connectivity index (χ0n) is 15.8.